The molecule has 6 heteroatoms. The second kappa shape index (κ2) is 6.28. The maximum atomic E-state index is 13.4. The molecule has 4 rings (SSSR count). The predicted octanol–water partition coefficient (Wildman–Crippen LogP) is 4.16. The summed E-state index contributed by atoms with van der Waals surface area (Å²) in [5, 5.41) is 0.609. The van der Waals surface area contributed by atoms with Gasteiger partial charge in [-0.15, -0.1) is 0 Å². The molecule has 2 heterocycles. The number of amides is 1. The molecule has 0 N–H and O–H groups in total. The maximum absolute atomic E-state index is 13.4. The largest absolute Gasteiger partial charge is 0.282 e. The van der Waals surface area contributed by atoms with E-state index in [1.54, 1.807) is 17.2 Å². The molecule has 1 aromatic carbocycles. The highest BCUT2D eigenvalue weighted by atomic mass is 32.1. The minimum absolute atomic E-state index is 0.0671. The molecule has 122 valence electrons. The van der Waals surface area contributed by atoms with Gasteiger partial charge in [0.05, 0.1) is 22.5 Å². The summed E-state index contributed by atoms with van der Waals surface area (Å²) in [6, 6.07) is 10.2. The number of hydrogen-bond acceptors (Lipinski definition) is 4. The molecular weight excluding hydrogens is 325 g/mol. The number of rotatable bonds is 4. The molecule has 0 aliphatic heterocycles. The number of halogens is 1. The third-order valence-corrected chi connectivity index (χ3v) is 5.38. The third-order valence-electron chi connectivity index (χ3n) is 4.34. The van der Waals surface area contributed by atoms with Gasteiger partial charge in [-0.25, -0.2) is 9.37 Å². The Balaban J connectivity index is 1.71. The molecular formula is C18H16FN3OS. The summed E-state index contributed by atoms with van der Waals surface area (Å²) in [6.07, 6.45) is 4.67. The third kappa shape index (κ3) is 2.89. The van der Waals surface area contributed by atoms with Crippen LogP contribution >= 0.6 is 11.3 Å². The van der Waals surface area contributed by atoms with Crippen LogP contribution in [0.15, 0.2) is 42.6 Å². The highest BCUT2D eigenvalue weighted by molar-refractivity contribution is 7.22. The van der Waals surface area contributed by atoms with Crippen molar-refractivity contribution in [3.63, 3.8) is 0 Å². The van der Waals surface area contributed by atoms with Crippen molar-refractivity contribution >= 4 is 32.6 Å². The number of benzene rings is 1. The fourth-order valence-electron chi connectivity index (χ4n) is 2.77. The lowest BCUT2D eigenvalue weighted by Gasteiger charge is -2.30. The topological polar surface area (TPSA) is 46.1 Å². The highest BCUT2D eigenvalue weighted by Crippen LogP contribution is 2.34. The molecule has 0 radical (unpaired) electrons. The van der Waals surface area contributed by atoms with E-state index < -0.39 is 0 Å². The number of pyridine rings is 1. The van der Waals surface area contributed by atoms with Gasteiger partial charge in [0.15, 0.2) is 5.13 Å². The summed E-state index contributed by atoms with van der Waals surface area (Å²) in [5.74, 6) is -0.136. The van der Waals surface area contributed by atoms with E-state index in [9.17, 15) is 9.18 Å². The van der Waals surface area contributed by atoms with E-state index in [4.69, 9.17) is 0 Å². The van der Waals surface area contributed by atoms with Crippen LogP contribution in [0, 0.1) is 11.7 Å². The molecule has 0 bridgehead atoms. The Labute approximate surface area is 143 Å². The van der Waals surface area contributed by atoms with Crippen molar-refractivity contribution in [3.8, 4) is 0 Å². The van der Waals surface area contributed by atoms with E-state index in [1.165, 1.54) is 23.5 Å². The van der Waals surface area contributed by atoms with Crippen LogP contribution in [0.25, 0.3) is 10.2 Å². The van der Waals surface area contributed by atoms with Gasteiger partial charge in [0.25, 0.3) is 0 Å². The molecule has 0 atom stereocenters. The van der Waals surface area contributed by atoms with Crippen molar-refractivity contribution in [1.82, 2.24) is 9.97 Å². The van der Waals surface area contributed by atoms with Crippen molar-refractivity contribution in [1.29, 1.82) is 0 Å². The van der Waals surface area contributed by atoms with Gasteiger partial charge in [0, 0.05) is 12.1 Å². The second-order valence-electron chi connectivity index (χ2n) is 5.98. The van der Waals surface area contributed by atoms with E-state index in [0.717, 1.165) is 29.7 Å². The lowest BCUT2D eigenvalue weighted by molar-refractivity contribution is -0.124. The minimum Gasteiger partial charge on any atom is -0.282 e. The molecule has 3 aromatic rings. The molecule has 1 fully saturated rings. The van der Waals surface area contributed by atoms with E-state index in [-0.39, 0.29) is 17.6 Å². The number of anilines is 1. The lowest BCUT2D eigenvalue weighted by Crippen LogP contribution is -2.38. The minimum atomic E-state index is -0.292. The Hall–Kier alpha value is -2.34. The first-order valence-electron chi connectivity index (χ1n) is 7.98. The van der Waals surface area contributed by atoms with Crippen LogP contribution in [0.4, 0.5) is 9.52 Å². The quantitative estimate of drug-likeness (QED) is 0.716. The predicted molar refractivity (Wildman–Crippen MR) is 92.3 cm³/mol. The Morgan fingerprint density at radius 3 is 2.88 bits per heavy atom. The van der Waals surface area contributed by atoms with Gasteiger partial charge >= 0.3 is 0 Å². The summed E-state index contributed by atoms with van der Waals surface area (Å²) in [5.41, 5.74) is 1.53. The summed E-state index contributed by atoms with van der Waals surface area (Å²) < 4.78 is 14.2. The summed E-state index contributed by atoms with van der Waals surface area (Å²) in [6.45, 7) is 0.387. The van der Waals surface area contributed by atoms with Crippen molar-refractivity contribution in [2.45, 2.75) is 25.8 Å². The van der Waals surface area contributed by atoms with Crippen LogP contribution in [0.1, 0.15) is 25.0 Å². The number of hydrogen-bond donors (Lipinski definition) is 0. The molecule has 0 unspecified atom stereocenters. The van der Waals surface area contributed by atoms with Gasteiger partial charge in [-0.2, -0.15) is 0 Å². The van der Waals surface area contributed by atoms with Gasteiger partial charge in [-0.3, -0.25) is 14.7 Å². The molecule has 1 saturated carbocycles. The average molecular weight is 341 g/mol. The fraction of sp³-hybridized carbons (Fsp3) is 0.278. The monoisotopic (exact) mass is 341 g/mol. The van der Waals surface area contributed by atoms with E-state index in [1.807, 2.05) is 18.2 Å². The molecule has 1 aliphatic rings. The Kier molecular flexibility index (Phi) is 3.98. The maximum Gasteiger partial charge on any atom is 0.232 e. The highest BCUT2D eigenvalue weighted by Gasteiger charge is 2.32. The molecule has 1 amide bonds. The van der Waals surface area contributed by atoms with Crippen LogP contribution in [0.5, 0.6) is 0 Å². The van der Waals surface area contributed by atoms with Crippen molar-refractivity contribution in [2.75, 3.05) is 4.90 Å². The lowest BCUT2D eigenvalue weighted by atomic mass is 9.84. The van der Waals surface area contributed by atoms with Gasteiger partial charge in [0.2, 0.25) is 5.91 Å². The van der Waals surface area contributed by atoms with Gasteiger partial charge in [0.1, 0.15) is 5.82 Å². The SMILES string of the molecule is O=C(C1CCC1)N(Cc1ccccn1)c1nc2ccc(F)cc2s1. The summed E-state index contributed by atoms with van der Waals surface area (Å²) >= 11 is 1.35. The molecule has 0 spiro atoms. The normalized spacial score (nSPS) is 14.5. The summed E-state index contributed by atoms with van der Waals surface area (Å²) in [4.78, 5) is 23.4. The zero-order valence-electron chi connectivity index (χ0n) is 13.0. The zero-order valence-corrected chi connectivity index (χ0v) is 13.8. The van der Waals surface area contributed by atoms with Gasteiger partial charge in [-0.1, -0.05) is 23.8 Å². The number of aromatic nitrogens is 2. The van der Waals surface area contributed by atoms with Crippen LogP contribution in [-0.4, -0.2) is 15.9 Å². The molecule has 0 saturated heterocycles. The Bertz CT molecular complexity index is 876. The van der Waals surface area contributed by atoms with E-state index >= 15 is 0 Å². The first-order valence-corrected chi connectivity index (χ1v) is 8.80. The van der Waals surface area contributed by atoms with Crippen molar-refractivity contribution < 1.29 is 9.18 Å². The van der Waals surface area contributed by atoms with Crippen LogP contribution in [-0.2, 0) is 11.3 Å². The molecule has 1 aliphatic carbocycles. The molecule has 4 nitrogen and oxygen atoms in total. The smallest absolute Gasteiger partial charge is 0.232 e. The first kappa shape index (κ1) is 15.2. The Morgan fingerprint density at radius 2 is 2.17 bits per heavy atom. The van der Waals surface area contributed by atoms with Crippen LogP contribution < -0.4 is 4.90 Å². The average Bonchev–Trinajstić information content (AvgIpc) is 2.94. The van der Waals surface area contributed by atoms with Crippen molar-refractivity contribution in [2.24, 2.45) is 5.92 Å². The number of nitrogens with zero attached hydrogens (tertiary/aromatic N) is 3. The van der Waals surface area contributed by atoms with Crippen molar-refractivity contribution in [3.05, 3.63) is 54.1 Å². The zero-order chi connectivity index (χ0) is 16.5. The number of carbonyl (C=O) groups is 1. The van der Waals surface area contributed by atoms with Crippen LogP contribution in [0.2, 0.25) is 0 Å². The number of carbonyl (C=O) groups excluding carboxylic acids is 1. The van der Waals surface area contributed by atoms with Gasteiger partial charge < -0.3 is 0 Å². The second-order valence-corrected chi connectivity index (χ2v) is 6.99. The van der Waals surface area contributed by atoms with Gasteiger partial charge in [-0.05, 0) is 43.2 Å². The standard InChI is InChI=1S/C18H16FN3OS/c19-13-7-8-15-16(10-13)24-18(21-15)22(17(23)12-4-3-5-12)11-14-6-1-2-9-20-14/h1-2,6-10,12H,3-5,11H2. The number of thiazole rings is 1. The summed E-state index contributed by atoms with van der Waals surface area (Å²) in [7, 11) is 0. The van der Waals surface area contributed by atoms with Crippen LogP contribution in [0.3, 0.4) is 0 Å². The molecule has 24 heavy (non-hydrogen) atoms. The fourth-order valence-corrected chi connectivity index (χ4v) is 3.77. The van der Waals surface area contributed by atoms with E-state index in [0.29, 0.717) is 17.2 Å². The molecule has 2 aromatic heterocycles. The van der Waals surface area contributed by atoms with E-state index in [2.05, 4.69) is 9.97 Å². The Morgan fingerprint density at radius 1 is 1.29 bits per heavy atom. The number of fused-ring (bicyclic) bond motifs is 1. The first-order chi connectivity index (χ1) is 11.7.